The Hall–Kier alpha value is -3.78. The Kier molecular flexibility index (Phi) is 4.86. The minimum atomic E-state index is -4.13. The molecule has 1 N–H and O–H groups in total. The van der Waals surface area contributed by atoms with Crippen molar-refractivity contribution in [2.45, 2.75) is 17.5 Å². The molecule has 0 saturated heterocycles. The third-order valence-electron chi connectivity index (χ3n) is 5.51. The van der Waals surface area contributed by atoms with Crippen molar-refractivity contribution >= 4 is 15.7 Å². The van der Waals surface area contributed by atoms with Gasteiger partial charge in [0.15, 0.2) is 17.3 Å². The van der Waals surface area contributed by atoms with Crippen molar-refractivity contribution in [3.8, 4) is 11.5 Å². The summed E-state index contributed by atoms with van der Waals surface area (Å²) in [6, 6.07) is 20.9. The fraction of sp³-hybridized carbons (Fsp3) is 0.125. The first-order valence-corrected chi connectivity index (χ1v) is 11.4. The van der Waals surface area contributed by atoms with Crippen molar-refractivity contribution in [2.75, 3.05) is 6.79 Å². The lowest BCUT2D eigenvalue weighted by molar-refractivity contribution is -0.130. The SMILES string of the molecule is O=C1C(O)=C(S(=O)(=O)c2ccccc2)[C@@H](c2ccccc2)N1Cc1ccc2c(c1)OCO2. The highest BCUT2D eigenvalue weighted by Gasteiger charge is 2.46. The Morgan fingerprint density at radius 2 is 1.56 bits per heavy atom. The highest BCUT2D eigenvalue weighted by Crippen LogP contribution is 2.43. The molecule has 0 unspecified atom stereocenters. The van der Waals surface area contributed by atoms with Gasteiger partial charge >= 0.3 is 0 Å². The number of nitrogens with zero attached hydrogens (tertiary/aromatic N) is 1. The van der Waals surface area contributed by atoms with Gasteiger partial charge in [-0.25, -0.2) is 8.42 Å². The summed E-state index contributed by atoms with van der Waals surface area (Å²) >= 11 is 0. The molecule has 5 rings (SSSR count). The molecule has 0 spiro atoms. The molecule has 0 radical (unpaired) electrons. The van der Waals surface area contributed by atoms with Gasteiger partial charge in [0, 0.05) is 6.54 Å². The lowest BCUT2D eigenvalue weighted by atomic mass is 10.1. The van der Waals surface area contributed by atoms with Crippen molar-refractivity contribution in [1.82, 2.24) is 4.90 Å². The van der Waals surface area contributed by atoms with Gasteiger partial charge in [-0.05, 0) is 35.4 Å². The summed E-state index contributed by atoms with van der Waals surface area (Å²) in [5.41, 5.74) is 1.30. The molecule has 1 atom stereocenters. The van der Waals surface area contributed by atoms with E-state index in [2.05, 4.69) is 0 Å². The van der Waals surface area contributed by atoms with Gasteiger partial charge in [0.05, 0.1) is 10.9 Å². The Morgan fingerprint density at radius 3 is 2.28 bits per heavy atom. The summed E-state index contributed by atoms with van der Waals surface area (Å²) < 4.78 is 37.7. The number of rotatable bonds is 5. The highest BCUT2D eigenvalue weighted by atomic mass is 32.2. The van der Waals surface area contributed by atoms with E-state index >= 15 is 0 Å². The summed E-state index contributed by atoms with van der Waals surface area (Å²) in [4.78, 5) is 14.2. The van der Waals surface area contributed by atoms with Crippen LogP contribution in [0.2, 0.25) is 0 Å². The van der Waals surface area contributed by atoms with E-state index in [1.54, 1.807) is 66.7 Å². The van der Waals surface area contributed by atoms with Gasteiger partial charge < -0.3 is 19.5 Å². The van der Waals surface area contributed by atoms with E-state index in [0.29, 0.717) is 17.1 Å². The Bertz CT molecular complexity index is 1320. The average Bonchev–Trinajstić information content (AvgIpc) is 3.38. The molecule has 2 heterocycles. The predicted octanol–water partition coefficient (Wildman–Crippen LogP) is 3.74. The minimum Gasteiger partial charge on any atom is -0.502 e. The third kappa shape index (κ3) is 3.29. The van der Waals surface area contributed by atoms with Gasteiger partial charge in [-0.1, -0.05) is 54.6 Å². The number of aliphatic hydroxyl groups is 1. The van der Waals surface area contributed by atoms with E-state index in [1.807, 2.05) is 0 Å². The average molecular weight is 449 g/mol. The number of hydrogen-bond donors (Lipinski definition) is 1. The molecule has 162 valence electrons. The van der Waals surface area contributed by atoms with Gasteiger partial charge in [0.2, 0.25) is 16.6 Å². The fourth-order valence-electron chi connectivity index (χ4n) is 4.00. The summed E-state index contributed by atoms with van der Waals surface area (Å²) in [7, 11) is -4.13. The molecule has 3 aromatic carbocycles. The zero-order chi connectivity index (χ0) is 22.3. The summed E-state index contributed by atoms with van der Waals surface area (Å²) in [5, 5.41) is 10.8. The molecular formula is C24H19NO6S. The second kappa shape index (κ2) is 7.72. The first-order chi connectivity index (χ1) is 15.5. The minimum absolute atomic E-state index is 0.0141. The third-order valence-corrected chi connectivity index (χ3v) is 7.39. The van der Waals surface area contributed by atoms with Crippen molar-refractivity contribution in [3.05, 3.63) is 101 Å². The molecule has 0 fully saturated rings. The van der Waals surface area contributed by atoms with Crippen molar-refractivity contribution in [1.29, 1.82) is 0 Å². The van der Waals surface area contributed by atoms with Crippen LogP contribution in [0, 0.1) is 0 Å². The van der Waals surface area contributed by atoms with E-state index in [4.69, 9.17) is 9.47 Å². The number of ether oxygens (including phenoxy) is 2. The van der Waals surface area contributed by atoms with Crippen LogP contribution in [0.5, 0.6) is 11.5 Å². The molecule has 0 aliphatic carbocycles. The first-order valence-electron chi connectivity index (χ1n) is 9.94. The number of fused-ring (bicyclic) bond motifs is 1. The Balaban J connectivity index is 1.60. The molecule has 0 saturated carbocycles. The topological polar surface area (TPSA) is 93.1 Å². The highest BCUT2D eigenvalue weighted by molar-refractivity contribution is 7.95. The van der Waals surface area contributed by atoms with Gasteiger partial charge in [-0.3, -0.25) is 4.79 Å². The van der Waals surface area contributed by atoms with Crippen LogP contribution in [0.4, 0.5) is 0 Å². The van der Waals surface area contributed by atoms with E-state index < -0.39 is 27.5 Å². The Morgan fingerprint density at radius 1 is 0.906 bits per heavy atom. The maximum absolute atomic E-state index is 13.5. The molecule has 0 aromatic heterocycles. The van der Waals surface area contributed by atoms with Crippen LogP contribution < -0.4 is 9.47 Å². The van der Waals surface area contributed by atoms with Crippen molar-refractivity contribution in [2.24, 2.45) is 0 Å². The molecule has 7 nitrogen and oxygen atoms in total. The zero-order valence-corrected chi connectivity index (χ0v) is 17.7. The van der Waals surface area contributed by atoms with Crippen LogP contribution in [0.3, 0.4) is 0 Å². The quantitative estimate of drug-likeness (QED) is 0.638. The molecule has 1 amide bonds. The molecule has 3 aromatic rings. The maximum Gasteiger partial charge on any atom is 0.290 e. The smallest absolute Gasteiger partial charge is 0.290 e. The summed E-state index contributed by atoms with van der Waals surface area (Å²) in [5.74, 6) is -0.344. The van der Waals surface area contributed by atoms with Crippen LogP contribution >= 0.6 is 0 Å². The fourth-order valence-corrected chi connectivity index (χ4v) is 5.66. The van der Waals surface area contributed by atoms with Crippen LogP contribution in [0.15, 0.2) is 94.4 Å². The molecule has 8 heteroatoms. The van der Waals surface area contributed by atoms with E-state index in [-0.39, 0.29) is 23.1 Å². The number of benzene rings is 3. The van der Waals surface area contributed by atoms with Crippen molar-refractivity contribution < 1.29 is 27.8 Å². The van der Waals surface area contributed by atoms with Crippen LogP contribution in [0.1, 0.15) is 17.2 Å². The number of carbonyl (C=O) groups excluding carboxylic acids is 1. The Labute approximate surface area is 185 Å². The van der Waals surface area contributed by atoms with E-state index in [9.17, 15) is 18.3 Å². The molecule has 2 aliphatic heterocycles. The summed E-state index contributed by atoms with van der Waals surface area (Å²) in [6.45, 7) is 0.197. The number of amides is 1. The first kappa shape index (κ1) is 20.1. The predicted molar refractivity (Wildman–Crippen MR) is 116 cm³/mol. The molecule has 2 aliphatic rings. The molecule has 0 bridgehead atoms. The maximum atomic E-state index is 13.5. The van der Waals surface area contributed by atoms with Crippen LogP contribution in [-0.4, -0.2) is 31.1 Å². The number of aliphatic hydroxyl groups excluding tert-OH is 1. The second-order valence-electron chi connectivity index (χ2n) is 7.46. The normalized spacial score (nSPS) is 17.8. The van der Waals surface area contributed by atoms with Crippen LogP contribution in [0.25, 0.3) is 0 Å². The van der Waals surface area contributed by atoms with Gasteiger partial charge in [-0.2, -0.15) is 0 Å². The summed E-state index contributed by atoms with van der Waals surface area (Å²) in [6.07, 6.45) is 0. The number of carbonyl (C=O) groups is 1. The van der Waals surface area contributed by atoms with Gasteiger partial charge in [0.25, 0.3) is 5.91 Å². The molecular weight excluding hydrogens is 430 g/mol. The second-order valence-corrected chi connectivity index (χ2v) is 9.38. The van der Waals surface area contributed by atoms with Crippen molar-refractivity contribution in [3.63, 3.8) is 0 Å². The van der Waals surface area contributed by atoms with Gasteiger partial charge in [-0.15, -0.1) is 0 Å². The largest absolute Gasteiger partial charge is 0.502 e. The zero-order valence-electron chi connectivity index (χ0n) is 16.8. The number of sulfone groups is 1. The van der Waals surface area contributed by atoms with E-state index in [0.717, 1.165) is 5.56 Å². The molecule has 32 heavy (non-hydrogen) atoms. The van der Waals surface area contributed by atoms with Crippen LogP contribution in [-0.2, 0) is 21.2 Å². The lowest BCUT2D eigenvalue weighted by Gasteiger charge is -2.27. The number of hydrogen-bond acceptors (Lipinski definition) is 6. The monoisotopic (exact) mass is 449 g/mol. The van der Waals surface area contributed by atoms with Gasteiger partial charge in [0.1, 0.15) is 4.91 Å². The lowest BCUT2D eigenvalue weighted by Crippen LogP contribution is -2.30. The van der Waals surface area contributed by atoms with E-state index in [1.165, 1.54) is 17.0 Å². The standard InChI is InChI=1S/C24H19NO6S/c26-22-23(32(28,29)18-9-5-2-6-10-18)21(17-7-3-1-4-8-17)25(24(22)27)14-16-11-12-19-20(13-16)31-15-30-19/h1-13,21,26H,14-15H2/t21-/m1/s1.